The number of rotatable bonds is 13. The van der Waals surface area contributed by atoms with Crippen LogP contribution in [0.5, 0.6) is 0 Å². The maximum atomic E-state index is 13.7. The van der Waals surface area contributed by atoms with E-state index >= 15 is 0 Å². The molecule has 35 heavy (non-hydrogen) atoms. The maximum absolute atomic E-state index is 13.7. The highest BCUT2D eigenvalue weighted by atomic mass is 16.6. The van der Waals surface area contributed by atoms with E-state index in [-0.39, 0.29) is 37.8 Å². The molecule has 0 saturated carbocycles. The third kappa shape index (κ3) is 8.13. The first kappa shape index (κ1) is 27.9. The highest BCUT2D eigenvalue weighted by molar-refractivity contribution is 6.04. The van der Waals surface area contributed by atoms with Gasteiger partial charge in [0.25, 0.3) is 0 Å². The summed E-state index contributed by atoms with van der Waals surface area (Å²) in [6.45, 7) is 4.81. The number of hydrogen-bond acceptors (Lipinski definition) is 8. The summed E-state index contributed by atoms with van der Waals surface area (Å²) in [7, 11) is 0. The van der Waals surface area contributed by atoms with Crippen molar-refractivity contribution in [2.24, 2.45) is 11.8 Å². The Morgan fingerprint density at radius 3 is 2.43 bits per heavy atom. The van der Waals surface area contributed by atoms with Crippen molar-refractivity contribution < 1.29 is 38.6 Å². The molecule has 1 heterocycles. The van der Waals surface area contributed by atoms with Gasteiger partial charge < -0.3 is 14.6 Å². The number of aliphatic hydroxyl groups is 1. The monoisotopic (exact) mass is 487 g/mol. The average molecular weight is 488 g/mol. The summed E-state index contributed by atoms with van der Waals surface area (Å²) in [6.07, 6.45) is 0.827. The predicted molar refractivity (Wildman–Crippen MR) is 126 cm³/mol. The van der Waals surface area contributed by atoms with E-state index in [1.165, 1.54) is 0 Å². The summed E-state index contributed by atoms with van der Waals surface area (Å²) in [5.74, 6) is -3.84. The van der Waals surface area contributed by atoms with Crippen molar-refractivity contribution in [3.05, 3.63) is 48.0 Å². The van der Waals surface area contributed by atoms with Crippen LogP contribution in [0.1, 0.15) is 45.6 Å². The molecule has 0 spiro atoms. The van der Waals surface area contributed by atoms with E-state index in [1.807, 2.05) is 13.8 Å². The second-order valence-corrected chi connectivity index (χ2v) is 8.81. The summed E-state index contributed by atoms with van der Waals surface area (Å²) >= 11 is 0. The van der Waals surface area contributed by atoms with E-state index in [2.05, 4.69) is 0 Å². The molecule has 1 aliphatic rings. The molecule has 1 aromatic rings. The molecule has 1 aliphatic heterocycles. The first-order chi connectivity index (χ1) is 16.6. The number of ether oxygens (including phenoxy) is 2. The number of nitrogens with zero attached hydrogens (tertiary/aromatic N) is 1. The van der Waals surface area contributed by atoms with Crippen LogP contribution in [0.4, 0.5) is 4.79 Å². The Labute approximate surface area is 205 Å². The zero-order valence-electron chi connectivity index (χ0n) is 20.3. The fourth-order valence-corrected chi connectivity index (χ4v) is 3.83. The summed E-state index contributed by atoms with van der Waals surface area (Å²) in [5, 5.41) is 8.85. The molecule has 1 N–H and O–H groups in total. The minimum Gasteiger partial charge on any atom is -0.453 e. The van der Waals surface area contributed by atoms with Crippen LogP contribution in [0, 0.1) is 11.8 Å². The summed E-state index contributed by atoms with van der Waals surface area (Å²) in [5.41, 5.74) is 0.702. The van der Waals surface area contributed by atoms with E-state index in [0.717, 1.165) is 24.0 Å². The van der Waals surface area contributed by atoms with Gasteiger partial charge >= 0.3 is 12.1 Å². The summed E-state index contributed by atoms with van der Waals surface area (Å²) in [4.78, 5) is 64.2. The quantitative estimate of drug-likeness (QED) is 0.256. The maximum Gasteiger partial charge on any atom is 0.416 e. The van der Waals surface area contributed by atoms with Gasteiger partial charge in [-0.2, -0.15) is 0 Å². The highest BCUT2D eigenvalue weighted by Crippen LogP contribution is 2.27. The molecule has 3 atom stereocenters. The largest absolute Gasteiger partial charge is 0.453 e. The highest BCUT2D eigenvalue weighted by Gasteiger charge is 2.46. The molecule has 0 unspecified atom stereocenters. The van der Waals surface area contributed by atoms with Gasteiger partial charge in [-0.3, -0.25) is 19.2 Å². The van der Waals surface area contributed by atoms with Crippen molar-refractivity contribution in [3.63, 3.8) is 0 Å². The number of aliphatic hydroxyl groups excluding tert-OH is 1. The number of carbonyl (C=O) groups is 5. The number of imide groups is 1. The van der Waals surface area contributed by atoms with Gasteiger partial charge in [0.05, 0.1) is 12.0 Å². The van der Waals surface area contributed by atoms with Crippen LogP contribution in [0.3, 0.4) is 0 Å². The average Bonchev–Trinajstić information content (AvgIpc) is 3.21. The predicted octanol–water partition coefficient (Wildman–Crippen LogP) is 2.64. The van der Waals surface area contributed by atoms with Gasteiger partial charge in [0.15, 0.2) is 17.7 Å². The second kappa shape index (κ2) is 13.5. The lowest BCUT2D eigenvalue weighted by Gasteiger charge is -2.30. The number of cyclic esters (lactones) is 1. The molecule has 190 valence electrons. The zero-order chi connectivity index (χ0) is 26.0. The van der Waals surface area contributed by atoms with Crippen molar-refractivity contribution >= 4 is 29.5 Å². The third-order valence-corrected chi connectivity index (χ3v) is 5.73. The SMILES string of the molecule is CC(=O)O[C@H](C(=O)C=CC(=O)CCCCO)[C@H](Cc1ccccc1)C(=O)N1C(=O)OC[C@@H]1C(C)C. The molecular weight excluding hydrogens is 454 g/mol. The molecule has 9 nitrogen and oxygen atoms in total. The molecule has 1 fully saturated rings. The molecule has 1 saturated heterocycles. The Balaban J connectivity index is 2.39. The number of ketones is 2. The zero-order valence-corrected chi connectivity index (χ0v) is 20.3. The number of hydrogen-bond donors (Lipinski definition) is 1. The van der Waals surface area contributed by atoms with Crippen LogP contribution >= 0.6 is 0 Å². The number of amides is 2. The molecule has 0 radical (unpaired) electrons. The third-order valence-electron chi connectivity index (χ3n) is 5.73. The lowest BCUT2D eigenvalue weighted by molar-refractivity contribution is -0.159. The van der Waals surface area contributed by atoms with Gasteiger partial charge in [0.2, 0.25) is 5.91 Å². The Morgan fingerprint density at radius 1 is 1.14 bits per heavy atom. The number of unbranched alkanes of at least 4 members (excludes halogenated alkanes) is 1. The van der Waals surface area contributed by atoms with Crippen LogP contribution in [-0.4, -0.2) is 64.9 Å². The molecular formula is C26H33NO8. The number of allylic oxidation sites excluding steroid dienone is 1. The fourth-order valence-electron chi connectivity index (χ4n) is 3.83. The Bertz CT molecular complexity index is 940. The van der Waals surface area contributed by atoms with Crippen LogP contribution in [0.15, 0.2) is 42.5 Å². The summed E-state index contributed by atoms with van der Waals surface area (Å²) in [6, 6.07) is 8.34. The first-order valence-corrected chi connectivity index (χ1v) is 11.7. The molecule has 0 bridgehead atoms. The van der Waals surface area contributed by atoms with Gasteiger partial charge in [0.1, 0.15) is 6.61 Å². The Hall–Kier alpha value is -3.33. The van der Waals surface area contributed by atoms with Crippen molar-refractivity contribution in [3.8, 4) is 0 Å². The lowest BCUT2D eigenvalue weighted by atomic mass is 9.89. The lowest BCUT2D eigenvalue weighted by Crippen LogP contribution is -2.50. The Kier molecular flexibility index (Phi) is 10.8. The van der Waals surface area contributed by atoms with Gasteiger partial charge in [-0.05, 0) is 42.9 Å². The number of carbonyl (C=O) groups excluding carboxylic acids is 5. The molecule has 1 aromatic carbocycles. The first-order valence-electron chi connectivity index (χ1n) is 11.7. The van der Waals surface area contributed by atoms with Gasteiger partial charge in [-0.15, -0.1) is 0 Å². The normalized spacial score (nSPS) is 17.3. The second-order valence-electron chi connectivity index (χ2n) is 8.81. The number of esters is 1. The number of benzene rings is 1. The molecule has 9 heteroatoms. The van der Waals surface area contributed by atoms with Gasteiger partial charge in [-0.1, -0.05) is 44.2 Å². The van der Waals surface area contributed by atoms with E-state index in [9.17, 15) is 24.0 Å². The van der Waals surface area contributed by atoms with Crippen molar-refractivity contribution in [1.29, 1.82) is 0 Å². The topological polar surface area (TPSA) is 127 Å². The minimum absolute atomic E-state index is 0.0240. The standard InChI is InChI=1S/C26H33NO8/c1-17(2)22-16-34-26(33)27(22)25(32)21(15-19-9-5-4-6-10-19)24(35-18(3)29)23(31)13-12-20(30)11-7-8-14-28/h4-6,9-10,12-13,17,21-22,24,28H,7-8,11,14-16H2,1-3H3/t21-,22+,24-/m0/s1. The fraction of sp³-hybridized carbons (Fsp3) is 0.500. The molecule has 2 rings (SSSR count). The van der Waals surface area contributed by atoms with E-state index < -0.39 is 41.8 Å². The van der Waals surface area contributed by atoms with E-state index in [1.54, 1.807) is 30.3 Å². The smallest absolute Gasteiger partial charge is 0.416 e. The molecule has 2 amide bonds. The van der Waals surface area contributed by atoms with Crippen molar-refractivity contribution in [2.45, 2.75) is 58.6 Å². The van der Waals surface area contributed by atoms with Crippen LogP contribution < -0.4 is 0 Å². The van der Waals surface area contributed by atoms with Crippen LogP contribution in [-0.2, 0) is 35.1 Å². The summed E-state index contributed by atoms with van der Waals surface area (Å²) < 4.78 is 10.4. The van der Waals surface area contributed by atoms with Crippen molar-refractivity contribution in [1.82, 2.24) is 4.90 Å². The van der Waals surface area contributed by atoms with E-state index in [0.29, 0.717) is 18.4 Å². The van der Waals surface area contributed by atoms with Gasteiger partial charge in [-0.25, -0.2) is 9.69 Å². The van der Waals surface area contributed by atoms with Crippen LogP contribution in [0.25, 0.3) is 0 Å². The van der Waals surface area contributed by atoms with Gasteiger partial charge in [0, 0.05) is 20.0 Å². The minimum atomic E-state index is -1.54. The van der Waals surface area contributed by atoms with E-state index in [4.69, 9.17) is 14.6 Å². The van der Waals surface area contributed by atoms with Crippen LogP contribution in [0.2, 0.25) is 0 Å². The van der Waals surface area contributed by atoms with Crippen molar-refractivity contribution in [2.75, 3.05) is 13.2 Å². The Morgan fingerprint density at radius 2 is 1.83 bits per heavy atom. The molecule has 0 aromatic heterocycles. The molecule has 0 aliphatic carbocycles.